The molecular formula is C24H20N2O3. The van der Waals surface area contributed by atoms with Crippen LogP contribution in [0.1, 0.15) is 11.1 Å². The highest BCUT2D eigenvalue weighted by molar-refractivity contribution is 6.46. The molecule has 2 amide bonds. The second-order valence-electron chi connectivity index (χ2n) is 6.73. The summed E-state index contributed by atoms with van der Waals surface area (Å²) < 4.78 is 5.46. The van der Waals surface area contributed by atoms with E-state index in [2.05, 4.69) is 5.32 Å². The van der Waals surface area contributed by atoms with Crippen LogP contribution in [0.3, 0.4) is 0 Å². The summed E-state index contributed by atoms with van der Waals surface area (Å²) in [7, 11) is 1.54. The Hall–Kier alpha value is -3.86. The highest BCUT2D eigenvalue weighted by Gasteiger charge is 2.41. The molecule has 1 aliphatic heterocycles. The van der Waals surface area contributed by atoms with E-state index in [1.807, 2.05) is 67.6 Å². The number of nitrogens with zero attached hydrogens (tertiary/aromatic N) is 1. The Morgan fingerprint density at radius 3 is 2.28 bits per heavy atom. The number of carbonyl (C=O) groups is 2. The normalized spacial score (nSPS) is 13.8. The predicted octanol–water partition coefficient (Wildman–Crippen LogP) is 4.40. The zero-order valence-corrected chi connectivity index (χ0v) is 16.2. The van der Waals surface area contributed by atoms with Crippen LogP contribution >= 0.6 is 0 Å². The SMILES string of the molecule is COc1ccccc1C1=C(Nc2ccccc2)C(=O)N(c2cccc(C)c2)C1=O. The van der Waals surface area contributed by atoms with Crippen molar-refractivity contribution < 1.29 is 14.3 Å². The Labute approximate surface area is 169 Å². The van der Waals surface area contributed by atoms with E-state index < -0.39 is 5.91 Å². The first-order chi connectivity index (χ1) is 14.1. The van der Waals surface area contributed by atoms with Crippen molar-refractivity contribution in [1.29, 1.82) is 0 Å². The number of carbonyl (C=O) groups excluding carboxylic acids is 2. The molecule has 1 aliphatic rings. The van der Waals surface area contributed by atoms with Gasteiger partial charge >= 0.3 is 0 Å². The third kappa shape index (κ3) is 3.38. The van der Waals surface area contributed by atoms with Gasteiger partial charge in [-0.15, -0.1) is 0 Å². The van der Waals surface area contributed by atoms with E-state index in [1.165, 1.54) is 4.90 Å². The molecular weight excluding hydrogens is 364 g/mol. The topological polar surface area (TPSA) is 58.6 Å². The van der Waals surface area contributed by atoms with Crippen molar-refractivity contribution in [2.24, 2.45) is 0 Å². The van der Waals surface area contributed by atoms with Gasteiger partial charge in [-0.1, -0.05) is 48.5 Å². The van der Waals surface area contributed by atoms with Crippen molar-refractivity contribution in [2.75, 3.05) is 17.3 Å². The number of nitrogens with one attached hydrogen (secondary N) is 1. The molecule has 29 heavy (non-hydrogen) atoms. The minimum absolute atomic E-state index is 0.229. The summed E-state index contributed by atoms with van der Waals surface area (Å²) in [5.41, 5.74) is 3.32. The average molecular weight is 384 g/mol. The van der Waals surface area contributed by atoms with Crippen LogP contribution in [0.15, 0.2) is 84.6 Å². The smallest absolute Gasteiger partial charge is 0.282 e. The monoisotopic (exact) mass is 384 g/mol. The summed E-state index contributed by atoms with van der Waals surface area (Å²) in [6, 6.07) is 23.8. The van der Waals surface area contributed by atoms with Gasteiger partial charge in [0.05, 0.1) is 18.4 Å². The van der Waals surface area contributed by atoms with E-state index >= 15 is 0 Å². The third-order valence-corrected chi connectivity index (χ3v) is 4.76. The van der Waals surface area contributed by atoms with Crippen LogP contribution in [0.4, 0.5) is 11.4 Å². The number of rotatable bonds is 5. The molecule has 0 radical (unpaired) electrons. The van der Waals surface area contributed by atoms with Crippen molar-refractivity contribution >= 4 is 28.8 Å². The standard InChI is InChI=1S/C24H20N2O3/c1-16-9-8-12-18(15-16)26-23(27)21(19-13-6-7-14-20(19)29-2)22(24(26)28)25-17-10-4-3-5-11-17/h3-15,25H,1-2H3. The Morgan fingerprint density at radius 2 is 1.55 bits per heavy atom. The predicted molar refractivity (Wildman–Crippen MR) is 114 cm³/mol. The van der Waals surface area contributed by atoms with Crippen LogP contribution in [0.5, 0.6) is 5.75 Å². The van der Waals surface area contributed by atoms with Gasteiger partial charge in [0.25, 0.3) is 11.8 Å². The summed E-state index contributed by atoms with van der Waals surface area (Å²) >= 11 is 0. The summed E-state index contributed by atoms with van der Waals surface area (Å²) in [6.07, 6.45) is 0. The molecule has 1 N–H and O–H groups in total. The molecule has 0 atom stereocenters. The van der Waals surface area contributed by atoms with E-state index in [0.29, 0.717) is 17.0 Å². The van der Waals surface area contributed by atoms with Crippen LogP contribution in [0, 0.1) is 6.92 Å². The number of anilines is 2. The fourth-order valence-electron chi connectivity index (χ4n) is 3.41. The number of hydrogen-bond acceptors (Lipinski definition) is 4. The van der Waals surface area contributed by atoms with Crippen molar-refractivity contribution in [3.05, 3.63) is 95.7 Å². The van der Waals surface area contributed by atoms with Crippen LogP contribution in [0.25, 0.3) is 5.57 Å². The lowest BCUT2D eigenvalue weighted by Crippen LogP contribution is -2.32. The summed E-state index contributed by atoms with van der Waals surface area (Å²) in [5.74, 6) is -0.254. The lowest BCUT2D eigenvalue weighted by molar-refractivity contribution is -0.120. The Bertz CT molecular complexity index is 1120. The molecule has 0 aromatic heterocycles. The molecule has 0 spiro atoms. The first kappa shape index (κ1) is 18.5. The molecule has 0 unspecified atom stereocenters. The van der Waals surface area contributed by atoms with Crippen LogP contribution in [-0.2, 0) is 9.59 Å². The fraction of sp³-hybridized carbons (Fsp3) is 0.0833. The van der Waals surface area contributed by atoms with E-state index in [0.717, 1.165) is 11.3 Å². The molecule has 0 bridgehead atoms. The lowest BCUT2D eigenvalue weighted by atomic mass is 10.0. The van der Waals surface area contributed by atoms with Crippen molar-refractivity contribution in [1.82, 2.24) is 0 Å². The molecule has 0 saturated carbocycles. The van der Waals surface area contributed by atoms with Gasteiger partial charge in [0.15, 0.2) is 0 Å². The van der Waals surface area contributed by atoms with Gasteiger partial charge in [0.2, 0.25) is 0 Å². The van der Waals surface area contributed by atoms with E-state index in [4.69, 9.17) is 4.74 Å². The van der Waals surface area contributed by atoms with Crippen LogP contribution in [-0.4, -0.2) is 18.9 Å². The zero-order chi connectivity index (χ0) is 20.4. The molecule has 0 fully saturated rings. The number of imide groups is 1. The lowest BCUT2D eigenvalue weighted by Gasteiger charge is -2.16. The average Bonchev–Trinajstić information content (AvgIpc) is 2.98. The number of amides is 2. The van der Waals surface area contributed by atoms with Gasteiger partial charge in [0.1, 0.15) is 11.4 Å². The van der Waals surface area contributed by atoms with Crippen molar-refractivity contribution in [2.45, 2.75) is 6.92 Å². The molecule has 1 heterocycles. The minimum Gasteiger partial charge on any atom is -0.496 e. The van der Waals surface area contributed by atoms with Crippen LogP contribution in [0.2, 0.25) is 0 Å². The molecule has 0 saturated heterocycles. The molecule has 3 aromatic rings. The fourth-order valence-corrected chi connectivity index (χ4v) is 3.41. The Kier molecular flexibility index (Phi) is 4.87. The second-order valence-corrected chi connectivity index (χ2v) is 6.73. The summed E-state index contributed by atoms with van der Waals surface area (Å²) in [6.45, 7) is 1.92. The molecule has 4 rings (SSSR count). The Balaban J connectivity index is 1.87. The molecule has 3 aromatic carbocycles. The van der Waals surface area contributed by atoms with Gasteiger partial charge in [-0.05, 0) is 42.8 Å². The van der Waals surface area contributed by atoms with E-state index in [1.54, 1.807) is 25.3 Å². The van der Waals surface area contributed by atoms with Gasteiger partial charge < -0.3 is 10.1 Å². The van der Waals surface area contributed by atoms with E-state index in [9.17, 15) is 9.59 Å². The number of aryl methyl sites for hydroxylation is 1. The summed E-state index contributed by atoms with van der Waals surface area (Å²) in [5, 5.41) is 3.15. The van der Waals surface area contributed by atoms with E-state index in [-0.39, 0.29) is 17.2 Å². The van der Waals surface area contributed by atoms with Gasteiger partial charge in [-0.25, -0.2) is 4.90 Å². The number of para-hydroxylation sites is 2. The number of methoxy groups -OCH3 is 1. The van der Waals surface area contributed by atoms with Crippen LogP contribution < -0.4 is 15.0 Å². The summed E-state index contributed by atoms with van der Waals surface area (Å²) in [4.78, 5) is 28.0. The third-order valence-electron chi connectivity index (χ3n) is 4.76. The van der Waals surface area contributed by atoms with Crippen molar-refractivity contribution in [3.8, 4) is 5.75 Å². The van der Waals surface area contributed by atoms with Gasteiger partial charge in [-0.2, -0.15) is 0 Å². The second kappa shape index (κ2) is 7.64. The highest BCUT2D eigenvalue weighted by Crippen LogP contribution is 2.37. The number of ether oxygens (including phenoxy) is 1. The molecule has 5 nitrogen and oxygen atoms in total. The molecule has 144 valence electrons. The minimum atomic E-state index is -0.398. The van der Waals surface area contributed by atoms with Gasteiger partial charge in [0, 0.05) is 11.3 Å². The maximum atomic E-state index is 13.4. The maximum Gasteiger partial charge on any atom is 0.282 e. The largest absolute Gasteiger partial charge is 0.496 e. The number of hydrogen-bond donors (Lipinski definition) is 1. The highest BCUT2D eigenvalue weighted by atomic mass is 16.5. The first-order valence-electron chi connectivity index (χ1n) is 9.25. The Morgan fingerprint density at radius 1 is 0.828 bits per heavy atom. The molecule has 0 aliphatic carbocycles. The molecule has 5 heteroatoms. The maximum absolute atomic E-state index is 13.4. The van der Waals surface area contributed by atoms with Crippen molar-refractivity contribution in [3.63, 3.8) is 0 Å². The quantitative estimate of drug-likeness (QED) is 0.663. The van der Waals surface area contributed by atoms with Gasteiger partial charge in [-0.3, -0.25) is 9.59 Å². The first-order valence-corrected chi connectivity index (χ1v) is 9.25. The number of benzene rings is 3. The zero-order valence-electron chi connectivity index (χ0n) is 16.2.